The Hall–Kier alpha value is -2.24. The van der Waals surface area contributed by atoms with Crippen LogP contribution in [-0.2, 0) is 0 Å². The molecule has 1 amide bonds. The van der Waals surface area contributed by atoms with Crippen molar-refractivity contribution in [2.45, 2.75) is 13.8 Å². The Bertz CT molecular complexity index is 455. The number of hydrogen-bond acceptors (Lipinski definition) is 4. The summed E-state index contributed by atoms with van der Waals surface area (Å²) in [6, 6.07) is 4.16. The monoisotopic (exact) mass is 221 g/mol. The Kier molecular flexibility index (Phi) is 3.71. The smallest absolute Gasteiger partial charge is 0.267 e. The van der Waals surface area contributed by atoms with E-state index >= 15 is 0 Å². The van der Waals surface area contributed by atoms with Crippen LogP contribution in [0.25, 0.3) is 0 Å². The lowest BCUT2D eigenvalue weighted by Crippen LogP contribution is -2.17. The van der Waals surface area contributed by atoms with Gasteiger partial charge in [0, 0.05) is 23.4 Å². The van der Waals surface area contributed by atoms with Crippen molar-refractivity contribution in [1.29, 1.82) is 0 Å². The molecule has 0 heterocycles. The third-order valence-electron chi connectivity index (χ3n) is 1.95. The number of rotatable bonds is 3. The van der Waals surface area contributed by atoms with Crippen molar-refractivity contribution < 1.29 is 9.72 Å². The lowest BCUT2D eigenvalue weighted by molar-refractivity contribution is -0.385. The van der Waals surface area contributed by atoms with Crippen molar-refractivity contribution in [3.05, 3.63) is 39.4 Å². The molecular weight excluding hydrogens is 210 g/mol. The zero-order valence-corrected chi connectivity index (χ0v) is 8.93. The van der Waals surface area contributed by atoms with Crippen LogP contribution >= 0.6 is 0 Å². The maximum Gasteiger partial charge on any atom is 0.272 e. The van der Waals surface area contributed by atoms with Gasteiger partial charge < -0.3 is 0 Å². The van der Waals surface area contributed by atoms with Gasteiger partial charge in [0.1, 0.15) is 0 Å². The molecule has 0 aromatic heterocycles. The molecule has 6 nitrogen and oxygen atoms in total. The Balaban J connectivity index is 2.97. The van der Waals surface area contributed by atoms with Gasteiger partial charge >= 0.3 is 0 Å². The lowest BCUT2D eigenvalue weighted by Gasteiger charge is -2.01. The van der Waals surface area contributed by atoms with E-state index in [0.29, 0.717) is 11.1 Å². The molecule has 1 rings (SSSR count). The van der Waals surface area contributed by atoms with Crippen LogP contribution in [0.5, 0.6) is 0 Å². The van der Waals surface area contributed by atoms with Gasteiger partial charge in [0.05, 0.1) is 4.92 Å². The quantitative estimate of drug-likeness (QED) is 0.478. The van der Waals surface area contributed by atoms with Crippen LogP contribution in [0.1, 0.15) is 22.8 Å². The maximum absolute atomic E-state index is 11.4. The van der Waals surface area contributed by atoms with E-state index in [9.17, 15) is 14.9 Å². The third-order valence-corrected chi connectivity index (χ3v) is 1.95. The highest BCUT2D eigenvalue weighted by Gasteiger charge is 2.13. The van der Waals surface area contributed by atoms with Gasteiger partial charge in [-0.1, -0.05) is 0 Å². The van der Waals surface area contributed by atoms with E-state index in [-0.39, 0.29) is 5.69 Å². The summed E-state index contributed by atoms with van der Waals surface area (Å²) in [5.41, 5.74) is 3.07. The summed E-state index contributed by atoms with van der Waals surface area (Å²) in [5, 5.41) is 14.1. The zero-order valence-electron chi connectivity index (χ0n) is 8.93. The van der Waals surface area contributed by atoms with E-state index in [1.807, 2.05) is 0 Å². The highest BCUT2D eigenvalue weighted by atomic mass is 16.6. The van der Waals surface area contributed by atoms with Gasteiger partial charge in [0.25, 0.3) is 11.6 Å². The first-order valence-corrected chi connectivity index (χ1v) is 4.59. The average molecular weight is 221 g/mol. The first-order valence-electron chi connectivity index (χ1n) is 4.59. The molecule has 84 valence electrons. The van der Waals surface area contributed by atoms with Crippen LogP contribution in [0.2, 0.25) is 0 Å². The highest BCUT2D eigenvalue weighted by molar-refractivity contribution is 5.94. The van der Waals surface area contributed by atoms with Gasteiger partial charge in [-0.25, -0.2) is 5.43 Å². The van der Waals surface area contributed by atoms with Gasteiger partial charge in [-0.2, -0.15) is 5.10 Å². The maximum atomic E-state index is 11.4. The fourth-order valence-corrected chi connectivity index (χ4v) is 1.19. The molecule has 16 heavy (non-hydrogen) atoms. The average Bonchev–Trinajstić information content (AvgIpc) is 2.25. The number of nitrogens with one attached hydrogen (secondary N) is 1. The SMILES string of the molecule is C/C=N/NC(=O)c1ccc([N+](=O)[O-])c(C)c1. The summed E-state index contributed by atoms with van der Waals surface area (Å²) >= 11 is 0. The Morgan fingerprint density at radius 1 is 1.56 bits per heavy atom. The Labute approximate surface area is 92.1 Å². The Morgan fingerprint density at radius 3 is 2.75 bits per heavy atom. The standard InChI is InChI=1S/C10H11N3O3/c1-3-11-12-10(14)8-4-5-9(13(15)16)7(2)6-8/h3-6H,1-2H3,(H,12,14)/b11-3+. The predicted molar refractivity (Wildman–Crippen MR) is 59.5 cm³/mol. The number of nitro groups is 1. The molecule has 0 bridgehead atoms. The number of benzene rings is 1. The normalized spacial score (nSPS) is 10.4. The fourth-order valence-electron chi connectivity index (χ4n) is 1.19. The minimum atomic E-state index is -0.485. The first-order chi connectivity index (χ1) is 7.56. The van der Waals surface area contributed by atoms with Gasteiger partial charge in [-0.3, -0.25) is 14.9 Å². The van der Waals surface area contributed by atoms with Crippen LogP contribution in [0, 0.1) is 17.0 Å². The van der Waals surface area contributed by atoms with Gasteiger partial charge in [-0.05, 0) is 26.0 Å². The highest BCUT2D eigenvalue weighted by Crippen LogP contribution is 2.18. The van der Waals surface area contributed by atoms with Crippen molar-refractivity contribution in [2.24, 2.45) is 5.10 Å². The topological polar surface area (TPSA) is 84.6 Å². The third kappa shape index (κ3) is 2.63. The van der Waals surface area contributed by atoms with Gasteiger partial charge in [0.2, 0.25) is 0 Å². The molecule has 0 saturated heterocycles. The van der Waals surface area contributed by atoms with Crippen molar-refractivity contribution >= 4 is 17.8 Å². The summed E-state index contributed by atoms with van der Waals surface area (Å²) in [6.45, 7) is 3.25. The van der Waals surface area contributed by atoms with Crippen molar-refractivity contribution in [2.75, 3.05) is 0 Å². The van der Waals surface area contributed by atoms with Gasteiger partial charge in [0.15, 0.2) is 0 Å². The van der Waals surface area contributed by atoms with E-state index in [4.69, 9.17) is 0 Å². The van der Waals surface area contributed by atoms with Crippen LogP contribution in [0.4, 0.5) is 5.69 Å². The molecule has 0 saturated carbocycles. The first kappa shape index (κ1) is 11.8. The lowest BCUT2D eigenvalue weighted by atomic mass is 10.1. The van der Waals surface area contributed by atoms with Crippen LogP contribution < -0.4 is 5.43 Å². The number of hydrogen-bond donors (Lipinski definition) is 1. The molecule has 1 N–H and O–H groups in total. The number of aryl methyl sites for hydroxylation is 1. The minimum Gasteiger partial charge on any atom is -0.267 e. The molecule has 0 fully saturated rings. The molecule has 0 atom stereocenters. The second kappa shape index (κ2) is 5.01. The van der Waals surface area contributed by atoms with Crippen molar-refractivity contribution in [1.82, 2.24) is 5.43 Å². The zero-order chi connectivity index (χ0) is 12.1. The molecular formula is C10H11N3O3. The van der Waals surface area contributed by atoms with E-state index in [0.717, 1.165) is 0 Å². The van der Waals surface area contributed by atoms with Gasteiger partial charge in [-0.15, -0.1) is 0 Å². The molecule has 0 unspecified atom stereocenters. The van der Waals surface area contributed by atoms with Crippen molar-refractivity contribution in [3.8, 4) is 0 Å². The molecule has 0 spiro atoms. The predicted octanol–water partition coefficient (Wildman–Crippen LogP) is 1.64. The summed E-state index contributed by atoms with van der Waals surface area (Å²) < 4.78 is 0. The molecule has 0 aliphatic rings. The number of amides is 1. The number of nitrogens with zero attached hydrogens (tertiary/aromatic N) is 2. The Morgan fingerprint density at radius 2 is 2.25 bits per heavy atom. The summed E-state index contributed by atoms with van der Waals surface area (Å²) in [5.74, 6) is -0.393. The minimum absolute atomic E-state index is 0.00413. The van der Waals surface area contributed by atoms with E-state index in [1.54, 1.807) is 13.8 Å². The van der Waals surface area contributed by atoms with Crippen LogP contribution in [-0.4, -0.2) is 17.0 Å². The fraction of sp³-hybridized carbons (Fsp3) is 0.200. The number of carbonyl (C=O) groups is 1. The summed E-state index contributed by atoms with van der Waals surface area (Å²) in [7, 11) is 0. The van der Waals surface area contributed by atoms with Crippen LogP contribution in [0.15, 0.2) is 23.3 Å². The largest absolute Gasteiger partial charge is 0.272 e. The molecule has 1 aromatic carbocycles. The molecule has 1 aromatic rings. The molecule has 0 radical (unpaired) electrons. The molecule has 6 heteroatoms. The van der Waals surface area contributed by atoms with E-state index < -0.39 is 10.8 Å². The van der Waals surface area contributed by atoms with Crippen LogP contribution in [0.3, 0.4) is 0 Å². The van der Waals surface area contributed by atoms with Crippen molar-refractivity contribution in [3.63, 3.8) is 0 Å². The second-order valence-corrected chi connectivity index (χ2v) is 3.09. The molecule has 0 aliphatic carbocycles. The van der Waals surface area contributed by atoms with E-state index in [1.165, 1.54) is 24.4 Å². The summed E-state index contributed by atoms with van der Waals surface area (Å²) in [4.78, 5) is 21.5. The van der Waals surface area contributed by atoms with E-state index in [2.05, 4.69) is 10.5 Å². The number of nitro benzene ring substituents is 1. The summed E-state index contributed by atoms with van der Waals surface area (Å²) in [6.07, 6.45) is 1.44. The second-order valence-electron chi connectivity index (χ2n) is 3.09. The number of carbonyl (C=O) groups excluding carboxylic acids is 1. The number of hydrazone groups is 1. The molecule has 0 aliphatic heterocycles.